The average Bonchev–Trinajstić information content (AvgIpc) is 2.46. The van der Waals surface area contributed by atoms with Gasteiger partial charge in [-0.15, -0.1) is 0 Å². The summed E-state index contributed by atoms with van der Waals surface area (Å²) in [5.74, 6) is -6.05. The van der Waals surface area contributed by atoms with Crippen molar-refractivity contribution in [2.45, 2.75) is 19.3 Å². The summed E-state index contributed by atoms with van der Waals surface area (Å²) in [6, 6.07) is 3.55. The van der Waals surface area contributed by atoms with Crippen LogP contribution < -0.4 is 4.74 Å². The standard InChI is InChI=1S/C15H15F2NO4/c1-8(19)11(7-18)10(6-14(20)22-3)15-12(16)4-9(21-2)5-13(15)17/h4-5,10-11H,6H2,1-3H3. The third-order valence-corrected chi connectivity index (χ3v) is 3.25. The normalized spacial score (nSPS) is 12.9. The van der Waals surface area contributed by atoms with Gasteiger partial charge in [0, 0.05) is 23.6 Å². The van der Waals surface area contributed by atoms with Gasteiger partial charge in [-0.25, -0.2) is 8.78 Å². The molecule has 0 saturated heterocycles. The molecule has 0 aliphatic carbocycles. The number of benzene rings is 1. The number of hydrogen-bond donors (Lipinski definition) is 0. The van der Waals surface area contributed by atoms with Crippen LogP contribution in [0.15, 0.2) is 12.1 Å². The lowest BCUT2D eigenvalue weighted by atomic mass is 9.81. The number of halogens is 2. The Hall–Kier alpha value is -2.49. The highest BCUT2D eigenvalue weighted by Gasteiger charge is 2.34. The maximum absolute atomic E-state index is 14.2. The third-order valence-electron chi connectivity index (χ3n) is 3.25. The zero-order valence-corrected chi connectivity index (χ0v) is 12.4. The summed E-state index contributed by atoms with van der Waals surface area (Å²) in [6.07, 6.45) is -0.492. The van der Waals surface area contributed by atoms with Crippen LogP contribution in [0.25, 0.3) is 0 Å². The van der Waals surface area contributed by atoms with E-state index in [2.05, 4.69) is 4.74 Å². The van der Waals surface area contributed by atoms with E-state index in [0.717, 1.165) is 26.2 Å². The molecule has 0 radical (unpaired) electrons. The minimum Gasteiger partial charge on any atom is -0.497 e. The molecular weight excluding hydrogens is 296 g/mol. The first-order valence-electron chi connectivity index (χ1n) is 6.35. The number of esters is 1. The Balaban J connectivity index is 3.42. The quantitative estimate of drug-likeness (QED) is 0.754. The van der Waals surface area contributed by atoms with Gasteiger partial charge in [0.15, 0.2) is 0 Å². The SMILES string of the molecule is COC(=O)CC(c1c(F)cc(OC)cc1F)C(C#N)C(C)=O. The van der Waals surface area contributed by atoms with E-state index in [1.54, 1.807) is 6.07 Å². The van der Waals surface area contributed by atoms with E-state index >= 15 is 0 Å². The highest BCUT2D eigenvalue weighted by Crippen LogP contribution is 2.34. The van der Waals surface area contributed by atoms with Crippen LogP contribution in [0.5, 0.6) is 5.75 Å². The zero-order valence-electron chi connectivity index (χ0n) is 12.4. The Morgan fingerprint density at radius 3 is 2.18 bits per heavy atom. The molecular formula is C15H15F2NO4. The molecule has 0 bridgehead atoms. The summed E-state index contributed by atoms with van der Waals surface area (Å²) >= 11 is 0. The van der Waals surface area contributed by atoms with Crippen molar-refractivity contribution in [3.63, 3.8) is 0 Å². The van der Waals surface area contributed by atoms with Crippen LogP contribution in [0.2, 0.25) is 0 Å². The smallest absolute Gasteiger partial charge is 0.306 e. The summed E-state index contributed by atoms with van der Waals surface area (Å²) in [6.45, 7) is 1.12. The van der Waals surface area contributed by atoms with Gasteiger partial charge in [0.2, 0.25) is 0 Å². The van der Waals surface area contributed by atoms with Crippen LogP contribution in [0.1, 0.15) is 24.8 Å². The summed E-state index contributed by atoms with van der Waals surface area (Å²) in [7, 11) is 2.35. The molecule has 1 aromatic carbocycles. The molecule has 2 unspecified atom stereocenters. The molecule has 118 valence electrons. The molecule has 1 aromatic rings. The van der Waals surface area contributed by atoms with Crippen molar-refractivity contribution in [3.8, 4) is 11.8 Å². The van der Waals surface area contributed by atoms with Gasteiger partial charge in [0.05, 0.1) is 26.7 Å². The number of nitrogens with zero attached hydrogens (tertiary/aromatic N) is 1. The third kappa shape index (κ3) is 3.79. The van der Waals surface area contributed by atoms with Gasteiger partial charge in [0.25, 0.3) is 0 Å². The maximum Gasteiger partial charge on any atom is 0.306 e. The molecule has 0 spiro atoms. The second-order valence-electron chi connectivity index (χ2n) is 4.61. The molecule has 0 fully saturated rings. The Morgan fingerprint density at radius 1 is 1.27 bits per heavy atom. The second-order valence-corrected chi connectivity index (χ2v) is 4.61. The molecule has 0 saturated carbocycles. The van der Waals surface area contributed by atoms with E-state index in [1.165, 1.54) is 7.11 Å². The van der Waals surface area contributed by atoms with E-state index in [9.17, 15) is 18.4 Å². The fraction of sp³-hybridized carbons (Fsp3) is 0.400. The van der Waals surface area contributed by atoms with E-state index in [0.29, 0.717) is 0 Å². The molecule has 22 heavy (non-hydrogen) atoms. The topological polar surface area (TPSA) is 76.4 Å². The molecule has 0 aromatic heterocycles. The van der Waals surface area contributed by atoms with Crippen molar-refractivity contribution in [1.29, 1.82) is 5.26 Å². The molecule has 2 atom stereocenters. The van der Waals surface area contributed by atoms with Gasteiger partial charge in [-0.2, -0.15) is 5.26 Å². The molecule has 0 aliphatic heterocycles. The number of ketones is 1. The largest absolute Gasteiger partial charge is 0.497 e. The van der Waals surface area contributed by atoms with Crippen LogP contribution >= 0.6 is 0 Å². The Bertz CT molecular complexity index is 601. The molecule has 0 N–H and O–H groups in total. The number of carbonyl (C=O) groups is 2. The van der Waals surface area contributed by atoms with Gasteiger partial charge in [-0.05, 0) is 6.92 Å². The van der Waals surface area contributed by atoms with Crippen LogP contribution in [0.3, 0.4) is 0 Å². The molecule has 1 rings (SSSR count). The van der Waals surface area contributed by atoms with Crippen LogP contribution in [0.4, 0.5) is 8.78 Å². The van der Waals surface area contributed by atoms with Crippen molar-refractivity contribution in [1.82, 2.24) is 0 Å². The van der Waals surface area contributed by atoms with Gasteiger partial charge < -0.3 is 9.47 Å². The number of ether oxygens (including phenoxy) is 2. The predicted octanol–water partition coefficient (Wildman–Crippen LogP) is 2.35. The fourth-order valence-electron chi connectivity index (χ4n) is 2.15. The van der Waals surface area contributed by atoms with E-state index in [-0.39, 0.29) is 5.75 Å². The lowest BCUT2D eigenvalue weighted by Gasteiger charge is -2.21. The summed E-state index contributed by atoms with van der Waals surface area (Å²) < 4.78 is 37.6. The number of Topliss-reactive ketones (excluding diaryl/α,β-unsaturated/α-hetero) is 1. The summed E-state index contributed by atoms with van der Waals surface area (Å²) in [5, 5.41) is 9.10. The number of hydrogen-bond acceptors (Lipinski definition) is 5. The van der Waals surface area contributed by atoms with E-state index < -0.39 is 47.2 Å². The first kappa shape index (κ1) is 17.6. The fourth-order valence-corrected chi connectivity index (χ4v) is 2.15. The first-order chi connectivity index (χ1) is 10.3. The number of rotatable bonds is 6. The van der Waals surface area contributed by atoms with E-state index in [4.69, 9.17) is 10.00 Å². The summed E-state index contributed by atoms with van der Waals surface area (Å²) in [5.41, 5.74) is -0.507. The molecule has 5 nitrogen and oxygen atoms in total. The lowest BCUT2D eigenvalue weighted by molar-refractivity contribution is -0.141. The lowest BCUT2D eigenvalue weighted by Crippen LogP contribution is -2.24. The van der Waals surface area contributed by atoms with E-state index in [1.807, 2.05) is 0 Å². The van der Waals surface area contributed by atoms with Crippen molar-refractivity contribution in [2.75, 3.05) is 14.2 Å². The monoisotopic (exact) mass is 311 g/mol. The highest BCUT2D eigenvalue weighted by atomic mass is 19.1. The van der Waals surface area contributed by atoms with Crippen molar-refractivity contribution < 1.29 is 27.8 Å². The molecule has 0 amide bonds. The van der Waals surface area contributed by atoms with Crippen LogP contribution in [-0.2, 0) is 14.3 Å². The van der Waals surface area contributed by atoms with Crippen molar-refractivity contribution in [3.05, 3.63) is 29.3 Å². The average molecular weight is 311 g/mol. The predicted molar refractivity (Wildman–Crippen MR) is 72.1 cm³/mol. The van der Waals surface area contributed by atoms with Gasteiger partial charge in [0.1, 0.15) is 29.1 Å². The number of carbonyl (C=O) groups excluding carboxylic acids is 2. The van der Waals surface area contributed by atoms with Gasteiger partial charge in [-0.1, -0.05) is 0 Å². The van der Waals surface area contributed by atoms with Gasteiger partial charge >= 0.3 is 5.97 Å². The second kappa shape index (κ2) is 7.50. The molecule has 7 heteroatoms. The highest BCUT2D eigenvalue weighted by molar-refractivity contribution is 5.83. The van der Waals surface area contributed by atoms with Crippen LogP contribution in [0, 0.1) is 28.9 Å². The molecule has 0 heterocycles. The Kier molecular flexibility index (Phi) is 5.99. The van der Waals surface area contributed by atoms with Crippen molar-refractivity contribution in [2.24, 2.45) is 5.92 Å². The zero-order chi connectivity index (χ0) is 16.9. The maximum atomic E-state index is 14.2. The summed E-state index contributed by atoms with van der Waals surface area (Å²) in [4.78, 5) is 23.0. The number of nitriles is 1. The number of methoxy groups -OCH3 is 2. The van der Waals surface area contributed by atoms with Crippen molar-refractivity contribution >= 4 is 11.8 Å². The minimum atomic E-state index is -1.36. The molecule has 0 aliphatic rings. The van der Waals surface area contributed by atoms with Crippen LogP contribution in [-0.4, -0.2) is 26.0 Å². The first-order valence-corrected chi connectivity index (χ1v) is 6.35. The van der Waals surface area contributed by atoms with Gasteiger partial charge in [-0.3, -0.25) is 9.59 Å². The Labute approximate surface area is 126 Å². The Morgan fingerprint density at radius 2 is 1.82 bits per heavy atom. The minimum absolute atomic E-state index is 0.0492.